The topological polar surface area (TPSA) is 57.1 Å². The average Bonchev–Trinajstić information content (AvgIpc) is 2.23. The maximum absolute atomic E-state index is 11.3. The van der Waals surface area contributed by atoms with Gasteiger partial charge in [0.05, 0.1) is 13.2 Å². The number of thioether (sulfide) groups is 1. The van der Waals surface area contributed by atoms with Crippen molar-refractivity contribution in [3.05, 3.63) is 0 Å². The second-order valence-electron chi connectivity index (χ2n) is 2.49. The van der Waals surface area contributed by atoms with Gasteiger partial charge in [-0.05, 0) is 6.92 Å². The second kappa shape index (κ2) is 9.79. The van der Waals surface area contributed by atoms with Crippen molar-refractivity contribution in [3.8, 4) is 0 Å². The summed E-state index contributed by atoms with van der Waals surface area (Å²) in [5.74, 6) is 0.846. The van der Waals surface area contributed by atoms with Crippen molar-refractivity contribution in [2.24, 2.45) is 5.16 Å². The number of ether oxygens (including phenoxy) is 2. The Morgan fingerprint density at radius 2 is 2.13 bits per heavy atom. The molecule has 0 aromatic carbocycles. The van der Waals surface area contributed by atoms with E-state index < -0.39 is 5.97 Å². The summed E-state index contributed by atoms with van der Waals surface area (Å²) in [7, 11) is 3.04. The summed E-state index contributed by atoms with van der Waals surface area (Å²) in [5.41, 5.74) is 0.292. The van der Waals surface area contributed by atoms with Gasteiger partial charge in [-0.1, -0.05) is 5.16 Å². The number of carbonyl (C=O) groups is 1. The van der Waals surface area contributed by atoms with E-state index in [4.69, 9.17) is 9.47 Å². The monoisotopic (exact) mass is 235 g/mol. The molecule has 5 nitrogen and oxygen atoms in total. The Kier molecular flexibility index (Phi) is 9.30. The molecule has 0 unspecified atom stereocenters. The van der Waals surface area contributed by atoms with E-state index in [9.17, 15) is 4.79 Å². The molecule has 0 spiro atoms. The molecule has 0 rings (SSSR count). The Labute approximate surface area is 94.1 Å². The van der Waals surface area contributed by atoms with Gasteiger partial charge in [-0.3, -0.25) is 0 Å². The van der Waals surface area contributed by atoms with Gasteiger partial charge in [0.15, 0.2) is 5.71 Å². The third kappa shape index (κ3) is 7.21. The number of methoxy groups -OCH3 is 1. The SMILES string of the molecule is CCOC(=O)C(CSCCOC)=NOC. The molecule has 0 bridgehead atoms. The van der Waals surface area contributed by atoms with Gasteiger partial charge in [0.2, 0.25) is 0 Å². The first-order chi connectivity index (χ1) is 7.26. The Hall–Kier alpha value is -0.750. The van der Waals surface area contributed by atoms with Crippen molar-refractivity contribution in [3.63, 3.8) is 0 Å². The standard InChI is InChI=1S/C9H17NO4S/c1-4-14-9(11)8(10-13-3)7-15-6-5-12-2/h4-7H2,1-3H3. The van der Waals surface area contributed by atoms with Crippen LogP contribution in [-0.2, 0) is 19.1 Å². The normalized spacial score (nSPS) is 11.3. The number of rotatable bonds is 8. The molecule has 0 aliphatic carbocycles. The highest BCUT2D eigenvalue weighted by Gasteiger charge is 2.13. The maximum atomic E-state index is 11.3. The first-order valence-electron chi connectivity index (χ1n) is 4.60. The number of nitrogens with zero attached hydrogens (tertiary/aromatic N) is 1. The van der Waals surface area contributed by atoms with E-state index in [1.165, 1.54) is 7.11 Å². The molecule has 0 aliphatic heterocycles. The van der Waals surface area contributed by atoms with E-state index >= 15 is 0 Å². The molecule has 0 atom stereocenters. The quantitative estimate of drug-likeness (QED) is 0.271. The first-order valence-corrected chi connectivity index (χ1v) is 5.75. The van der Waals surface area contributed by atoms with Crippen molar-refractivity contribution in [1.29, 1.82) is 0 Å². The lowest BCUT2D eigenvalue weighted by molar-refractivity contribution is -0.135. The van der Waals surface area contributed by atoms with Crippen LogP contribution in [-0.4, -0.2) is 50.6 Å². The summed E-state index contributed by atoms with van der Waals surface area (Å²) in [5, 5.41) is 3.62. The number of hydrogen-bond acceptors (Lipinski definition) is 6. The van der Waals surface area contributed by atoms with Gasteiger partial charge in [-0.25, -0.2) is 4.79 Å². The van der Waals surface area contributed by atoms with Crippen LogP contribution in [0.2, 0.25) is 0 Å². The predicted molar refractivity (Wildman–Crippen MR) is 60.3 cm³/mol. The zero-order valence-corrected chi connectivity index (χ0v) is 10.1. The van der Waals surface area contributed by atoms with E-state index in [0.717, 1.165) is 5.75 Å². The van der Waals surface area contributed by atoms with E-state index in [2.05, 4.69) is 9.99 Å². The van der Waals surface area contributed by atoms with Crippen LogP contribution in [0.4, 0.5) is 0 Å². The summed E-state index contributed by atoms with van der Waals surface area (Å²) < 4.78 is 9.70. The van der Waals surface area contributed by atoms with Crippen molar-refractivity contribution in [1.82, 2.24) is 0 Å². The summed E-state index contributed by atoms with van der Waals surface area (Å²) >= 11 is 1.54. The molecule has 0 saturated heterocycles. The molecule has 0 saturated carbocycles. The third-order valence-corrected chi connectivity index (χ3v) is 2.32. The number of oxime groups is 1. The Balaban J connectivity index is 3.94. The molecular weight excluding hydrogens is 218 g/mol. The third-order valence-electron chi connectivity index (χ3n) is 1.38. The number of esters is 1. The summed E-state index contributed by atoms with van der Waals surface area (Å²) in [6.45, 7) is 2.73. The molecule has 6 heteroatoms. The summed E-state index contributed by atoms with van der Waals surface area (Å²) in [6.07, 6.45) is 0. The van der Waals surface area contributed by atoms with Crippen molar-refractivity contribution in [2.75, 3.05) is 38.9 Å². The van der Waals surface area contributed by atoms with Gasteiger partial charge >= 0.3 is 5.97 Å². The van der Waals surface area contributed by atoms with Crippen molar-refractivity contribution < 1.29 is 19.1 Å². The molecule has 88 valence electrons. The van der Waals surface area contributed by atoms with Gasteiger partial charge < -0.3 is 14.3 Å². The minimum Gasteiger partial charge on any atom is -0.461 e. The minimum absolute atomic E-state index is 0.292. The fourth-order valence-corrected chi connectivity index (χ4v) is 1.55. The number of hydrogen-bond donors (Lipinski definition) is 0. The van der Waals surface area contributed by atoms with Crippen LogP contribution in [0, 0.1) is 0 Å². The molecule has 0 aromatic rings. The van der Waals surface area contributed by atoms with Crippen molar-refractivity contribution >= 4 is 23.4 Å². The summed E-state index contributed by atoms with van der Waals surface area (Å²) in [6, 6.07) is 0. The van der Waals surface area contributed by atoms with E-state index in [1.807, 2.05) is 0 Å². The zero-order valence-electron chi connectivity index (χ0n) is 9.32. The highest BCUT2D eigenvalue weighted by molar-refractivity contribution is 8.00. The fourth-order valence-electron chi connectivity index (χ4n) is 0.758. The molecule has 0 fully saturated rings. The van der Waals surface area contributed by atoms with Gasteiger partial charge in [-0.15, -0.1) is 0 Å². The van der Waals surface area contributed by atoms with E-state index in [0.29, 0.717) is 24.7 Å². The van der Waals surface area contributed by atoms with Crippen LogP contribution < -0.4 is 0 Å². The van der Waals surface area contributed by atoms with Crippen LogP contribution in [0.3, 0.4) is 0 Å². The largest absolute Gasteiger partial charge is 0.461 e. The first kappa shape index (κ1) is 14.2. The van der Waals surface area contributed by atoms with Crippen LogP contribution >= 0.6 is 11.8 Å². The van der Waals surface area contributed by atoms with Gasteiger partial charge in [0.1, 0.15) is 7.11 Å². The maximum Gasteiger partial charge on any atom is 0.356 e. The molecule has 0 aromatic heterocycles. The molecular formula is C9H17NO4S. The zero-order chi connectivity index (χ0) is 11.5. The van der Waals surface area contributed by atoms with E-state index in [1.54, 1.807) is 25.8 Å². The molecule has 0 amide bonds. The minimum atomic E-state index is -0.427. The lowest BCUT2D eigenvalue weighted by atomic mass is 10.4. The number of carbonyl (C=O) groups excluding carboxylic acids is 1. The van der Waals surface area contributed by atoms with Crippen LogP contribution in [0.25, 0.3) is 0 Å². The van der Waals surface area contributed by atoms with Gasteiger partial charge in [0.25, 0.3) is 0 Å². The van der Waals surface area contributed by atoms with Crippen LogP contribution in [0.5, 0.6) is 0 Å². The van der Waals surface area contributed by atoms with E-state index in [-0.39, 0.29) is 0 Å². The second-order valence-corrected chi connectivity index (χ2v) is 3.59. The Morgan fingerprint density at radius 1 is 1.40 bits per heavy atom. The van der Waals surface area contributed by atoms with Gasteiger partial charge in [0, 0.05) is 18.6 Å². The van der Waals surface area contributed by atoms with Crippen LogP contribution in [0.1, 0.15) is 6.92 Å². The smallest absolute Gasteiger partial charge is 0.356 e. The summed E-state index contributed by atoms with van der Waals surface area (Å²) in [4.78, 5) is 15.9. The molecule has 0 aliphatic rings. The fraction of sp³-hybridized carbons (Fsp3) is 0.778. The molecule has 0 N–H and O–H groups in total. The van der Waals surface area contributed by atoms with Crippen molar-refractivity contribution in [2.45, 2.75) is 6.92 Å². The highest BCUT2D eigenvalue weighted by atomic mass is 32.2. The van der Waals surface area contributed by atoms with Crippen LogP contribution in [0.15, 0.2) is 5.16 Å². The molecule has 15 heavy (non-hydrogen) atoms. The lowest BCUT2D eigenvalue weighted by Gasteiger charge is -2.04. The predicted octanol–water partition coefficient (Wildman–Crippen LogP) is 0.931. The highest BCUT2D eigenvalue weighted by Crippen LogP contribution is 2.02. The molecule has 0 heterocycles. The van der Waals surface area contributed by atoms with Gasteiger partial charge in [-0.2, -0.15) is 11.8 Å². The Bertz CT molecular complexity index is 208. The average molecular weight is 235 g/mol. The molecule has 0 radical (unpaired) electrons. The Morgan fingerprint density at radius 3 is 2.67 bits per heavy atom. The lowest BCUT2D eigenvalue weighted by Crippen LogP contribution is -2.20.